The van der Waals surface area contributed by atoms with Gasteiger partial charge in [-0.1, -0.05) is 38.2 Å². The first-order chi connectivity index (χ1) is 13.3. The molecule has 0 saturated carbocycles. The molecule has 0 radical (unpaired) electrons. The lowest BCUT2D eigenvalue weighted by Gasteiger charge is -2.19. The van der Waals surface area contributed by atoms with Crippen LogP contribution in [0.1, 0.15) is 60.3 Å². The number of esters is 1. The minimum atomic E-state index is -1.10. The Hall–Kier alpha value is -0.983. The molecule has 0 amide bonds. The van der Waals surface area contributed by atoms with E-state index in [0.717, 1.165) is 31.6 Å². The third-order valence-corrected chi connectivity index (χ3v) is 6.30. The topological polar surface area (TPSA) is 61.8 Å². The van der Waals surface area contributed by atoms with Crippen molar-refractivity contribution in [2.75, 3.05) is 20.0 Å². The third kappa shape index (κ3) is 16.5. The lowest BCUT2D eigenvalue weighted by molar-refractivity contribution is -0.154. The molecule has 0 N–H and O–H groups in total. The maximum atomic E-state index is 11.8. The highest BCUT2D eigenvalue weighted by molar-refractivity contribution is 6.76. The van der Waals surface area contributed by atoms with Crippen molar-refractivity contribution in [1.82, 2.24) is 0 Å². The first-order valence-corrected chi connectivity index (χ1v) is 14.5. The summed E-state index contributed by atoms with van der Waals surface area (Å²) >= 11 is 0. The van der Waals surface area contributed by atoms with Gasteiger partial charge in [0.05, 0.1) is 12.0 Å². The van der Waals surface area contributed by atoms with E-state index in [9.17, 15) is 9.59 Å². The molecule has 5 nitrogen and oxygen atoms in total. The van der Waals surface area contributed by atoms with Crippen molar-refractivity contribution in [2.45, 2.75) is 92.1 Å². The van der Waals surface area contributed by atoms with Crippen LogP contribution in [-0.2, 0) is 23.8 Å². The second-order valence-corrected chi connectivity index (χ2v) is 15.9. The first-order valence-electron chi connectivity index (χ1n) is 10.8. The Morgan fingerprint density at radius 2 is 1.83 bits per heavy atom. The van der Waals surface area contributed by atoms with Crippen LogP contribution in [0.4, 0.5) is 0 Å². The molecule has 0 aromatic carbocycles. The van der Waals surface area contributed by atoms with Crippen LogP contribution in [0.2, 0.25) is 25.7 Å². The second-order valence-electron chi connectivity index (χ2n) is 10.3. The maximum absolute atomic E-state index is 11.8. The van der Waals surface area contributed by atoms with Crippen LogP contribution in [-0.4, -0.2) is 46.4 Å². The molecule has 0 saturated heterocycles. The van der Waals surface area contributed by atoms with Gasteiger partial charge in [0.2, 0.25) is 0 Å². The first kappa shape index (κ1) is 28.0. The van der Waals surface area contributed by atoms with Crippen LogP contribution in [0.5, 0.6) is 0 Å². The lowest BCUT2D eigenvalue weighted by Crippen LogP contribution is -2.25. The van der Waals surface area contributed by atoms with Crippen LogP contribution in [0.15, 0.2) is 11.6 Å². The quantitative estimate of drug-likeness (QED) is 0.0846. The summed E-state index contributed by atoms with van der Waals surface area (Å²) in [6.45, 7) is 18.0. The molecule has 0 rings (SSSR count). The van der Waals surface area contributed by atoms with Crippen LogP contribution in [0.25, 0.3) is 0 Å². The van der Waals surface area contributed by atoms with E-state index in [0.29, 0.717) is 25.6 Å². The summed E-state index contributed by atoms with van der Waals surface area (Å²) in [6.07, 6.45) is 6.04. The SMILES string of the molecule is C/C(=C/C[C@@H](C=O)OCOCC[Si](C)(C)C)CCC[C@H](C)COC(=O)C(C)(C)C. The summed E-state index contributed by atoms with van der Waals surface area (Å²) in [5.74, 6) is 0.193. The van der Waals surface area contributed by atoms with Gasteiger partial charge < -0.3 is 19.0 Å². The average molecular weight is 429 g/mol. The number of allylic oxidation sites excluding steroid dienone is 1. The van der Waals surface area contributed by atoms with E-state index in [2.05, 4.69) is 39.6 Å². The minimum Gasteiger partial charge on any atom is -0.465 e. The predicted octanol–water partition coefficient (Wildman–Crippen LogP) is 5.61. The van der Waals surface area contributed by atoms with Crippen molar-refractivity contribution in [3.8, 4) is 0 Å². The van der Waals surface area contributed by atoms with Gasteiger partial charge in [-0.15, -0.1) is 0 Å². The van der Waals surface area contributed by atoms with E-state index < -0.39 is 19.6 Å². The van der Waals surface area contributed by atoms with Crippen molar-refractivity contribution in [3.63, 3.8) is 0 Å². The van der Waals surface area contributed by atoms with Crippen molar-refractivity contribution in [1.29, 1.82) is 0 Å². The lowest BCUT2D eigenvalue weighted by atomic mass is 9.97. The monoisotopic (exact) mass is 428 g/mol. The highest BCUT2D eigenvalue weighted by atomic mass is 28.3. The summed E-state index contributed by atoms with van der Waals surface area (Å²) in [5.41, 5.74) is 0.800. The van der Waals surface area contributed by atoms with E-state index in [1.165, 1.54) is 5.57 Å². The Balaban J connectivity index is 4.00. The molecule has 2 atom stereocenters. The molecule has 0 fully saturated rings. The van der Waals surface area contributed by atoms with Gasteiger partial charge in [0.25, 0.3) is 0 Å². The summed E-state index contributed by atoms with van der Waals surface area (Å²) in [4.78, 5) is 23.0. The molecule has 0 aliphatic carbocycles. The van der Waals surface area contributed by atoms with Crippen molar-refractivity contribution in [3.05, 3.63) is 11.6 Å². The Labute approximate surface area is 179 Å². The molecule has 170 valence electrons. The fraction of sp³-hybridized carbons (Fsp3) is 0.826. The molecule has 0 bridgehead atoms. The highest BCUT2D eigenvalue weighted by Crippen LogP contribution is 2.18. The highest BCUT2D eigenvalue weighted by Gasteiger charge is 2.23. The number of carbonyl (C=O) groups excluding carboxylic acids is 2. The molecule has 0 aliphatic rings. The Morgan fingerprint density at radius 1 is 1.17 bits per heavy atom. The van der Waals surface area contributed by atoms with E-state index in [1.807, 2.05) is 20.8 Å². The zero-order valence-corrected chi connectivity index (χ0v) is 21.0. The summed E-state index contributed by atoms with van der Waals surface area (Å²) in [7, 11) is -1.10. The molecular formula is C23H44O5Si. The molecule has 0 aliphatic heterocycles. The molecule has 0 heterocycles. The van der Waals surface area contributed by atoms with Gasteiger partial charge >= 0.3 is 5.97 Å². The van der Waals surface area contributed by atoms with Gasteiger partial charge in [-0.25, -0.2) is 0 Å². The normalized spacial score (nSPS) is 15.1. The maximum Gasteiger partial charge on any atom is 0.311 e. The molecule has 0 aromatic heterocycles. The second kappa shape index (κ2) is 14.1. The number of aldehydes is 1. The van der Waals surface area contributed by atoms with E-state index in [1.54, 1.807) is 0 Å². The predicted molar refractivity (Wildman–Crippen MR) is 122 cm³/mol. The van der Waals surface area contributed by atoms with Gasteiger partial charge in [0.1, 0.15) is 19.2 Å². The zero-order valence-electron chi connectivity index (χ0n) is 20.0. The van der Waals surface area contributed by atoms with Crippen molar-refractivity contribution < 1.29 is 23.8 Å². The Morgan fingerprint density at radius 3 is 2.38 bits per heavy atom. The van der Waals surface area contributed by atoms with E-state index in [4.69, 9.17) is 14.2 Å². The molecule has 29 heavy (non-hydrogen) atoms. The van der Waals surface area contributed by atoms with Crippen LogP contribution in [0, 0.1) is 11.3 Å². The summed E-state index contributed by atoms with van der Waals surface area (Å²) in [5, 5.41) is 0. The smallest absolute Gasteiger partial charge is 0.311 e. The van der Waals surface area contributed by atoms with Crippen LogP contribution >= 0.6 is 0 Å². The Kier molecular flexibility index (Phi) is 13.6. The Bertz CT molecular complexity index is 502. The van der Waals surface area contributed by atoms with Gasteiger partial charge in [-0.05, 0) is 65.3 Å². The third-order valence-electron chi connectivity index (χ3n) is 4.59. The number of ether oxygens (including phenoxy) is 3. The number of hydrogen-bond acceptors (Lipinski definition) is 5. The minimum absolute atomic E-state index is 0.148. The number of hydrogen-bond donors (Lipinski definition) is 0. The largest absolute Gasteiger partial charge is 0.465 e. The van der Waals surface area contributed by atoms with Gasteiger partial charge in [-0.3, -0.25) is 4.79 Å². The van der Waals surface area contributed by atoms with Gasteiger partial charge in [0, 0.05) is 14.7 Å². The molecule has 0 aromatic rings. The standard InChI is InChI=1S/C23H44O5Si/c1-19(10-9-11-20(2)17-27-22(25)23(3,4)5)12-13-21(16-24)28-18-26-14-15-29(6,7)8/h12,16,20-21H,9-11,13-15,17-18H2,1-8H3/b19-12-/t20-,21-/m0/s1. The number of rotatable bonds is 15. The molecule has 0 spiro atoms. The molecule has 0 unspecified atom stereocenters. The summed E-state index contributed by atoms with van der Waals surface area (Å²) in [6, 6.07) is 1.09. The van der Waals surface area contributed by atoms with Crippen molar-refractivity contribution in [2.24, 2.45) is 11.3 Å². The van der Waals surface area contributed by atoms with Gasteiger partial charge in [0.15, 0.2) is 0 Å². The molecule has 6 heteroatoms. The fourth-order valence-electron chi connectivity index (χ4n) is 2.40. The van der Waals surface area contributed by atoms with Crippen LogP contribution in [0.3, 0.4) is 0 Å². The van der Waals surface area contributed by atoms with E-state index >= 15 is 0 Å². The van der Waals surface area contributed by atoms with Crippen molar-refractivity contribution >= 4 is 20.3 Å². The number of carbonyl (C=O) groups is 2. The van der Waals surface area contributed by atoms with Gasteiger partial charge in [-0.2, -0.15) is 0 Å². The average Bonchev–Trinajstić information content (AvgIpc) is 2.60. The molecular weight excluding hydrogens is 384 g/mol. The summed E-state index contributed by atoms with van der Waals surface area (Å²) < 4.78 is 16.4. The zero-order chi connectivity index (χ0) is 22.5. The fourth-order valence-corrected chi connectivity index (χ4v) is 3.16. The van der Waals surface area contributed by atoms with Crippen LogP contribution < -0.4 is 0 Å². The van der Waals surface area contributed by atoms with E-state index in [-0.39, 0.29) is 12.8 Å².